The van der Waals surface area contributed by atoms with E-state index in [1.54, 1.807) is 20.0 Å². The van der Waals surface area contributed by atoms with Crippen LogP contribution in [0, 0.1) is 12.7 Å². The third-order valence-corrected chi connectivity index (χ3v) is 4.98. The number of nitrogens with one attached hydrogen (secondary N) is 1. The summed E-state index contributed by atoms with van der Waals surface area (Å²) < 4.78 is 18.9. The molecule has 2 fully saturated rings. The molecule has 150 valence electrons. The van der Waals surface area contributed by atoms with Crippen LogP contribution in [0.3, 0.4) is 0 Å². The van der Waals surface area contributed by atoms with E-state index < -0.39 is 0 Å². The molecule has 2 aliphatic rings. The highest BCUT2D eigenvalue weighted by Crippen LogP contribution is 2.16. The van der Waals surface area contributed by atoms with Gasteiger partial charge >= 0.3 is 0 Å². The fraction of sp³-hybridized carbons (Fsp3) is 0.579. The Hall–Kier alpha value is -1.42. The maximum Gasteiger partial charge on any atom is 0.251 e. The standard InChI is InChI=1S/C19H27FN4O2.HI/c1-14-12-15(5-6-16(14)20)13-22-19(21-2)24-9-7-23(8-10-24)18(25)17-4-3-11-26-17;/h5-6,12,17H,3-4,7-11,13H2,1-2H3,(H,21,22);1H. The molecular weight excluding hydrogens is 462 g/mol. The smallest absolute Gasteiger partial charge is 0.251 e. The van der Waals surface area contributed by atoms with Crippen LogP contribution in [0.5, 0.6) is 0 Å². The molecule has 1 atom stereocenters. The second kappa shape index (κ2) is 10.2. The molecule has 1 unspecified atom stereocenters. The van der Waals surface area contributed by atoms with Gasteiger partial charge < -0.3 is 19.9 Å². The van der Waals surface area contributed by atoms with Gasteiger partial charge in [-0.15, -0.1) is 24.0 Å². The zero-order valence-corrected chi connectivity index (χ0v) is 18.2. The first-order chi connectivity index (χ1) is 12.6. The van der Waals surface area contributed by atoms with Crippen LogP contribution in [0.15, 0.2) is 23.2 Å². The van der Waals surface area contributed by atoms with Crippen molar-refractivity contribution in [2.75, 3.05) is 39.8 Å². The van der Waals surface area contributed by atoms with E-state index in [9.17, 15) is 9.18 Å². The number of amides is 1. The zero-order valence-electron chi connectivity index (χ0n) is 15.9. The number of aliphatic imine (C=N–C) groups is 1. The maximum absolute atomic E-state index is 13.4. The third-order valence-electron chi connectivity index (χ3n) is 4.98. The summed E-state index contributed by atoms with van der Waals surface area (Å²) in [5.41, 5.74) is 1.65. The van der Waals surface area contributed by atoms with Crippen molar-refractivity contribution in [1.29, 1.82) is 0 Å². The Balaban J connectivity index is 0.00000261. The SMILES string of the molecule is CN=C(NCc1ccc(F)c(C)c1)N1CCN(C(=O)C2CCCO2)CC1.I. The summed E-state index contributed by atoms with van der Waals surface area (Å²) in [6.07, 6.45) is 1.55. The summed E-state index contributed by atoms with van der Waals surface area (Å²) in [4.78, 5) is 20.8. The van der Waals surface area contributed by atoms with Gasteiger partial charge in [0.25, 0.3) is 5.91 Å². The molecule has 0 aromatic heterocycles. The van der Waals surface area contributed by atoms with Crippen molar-refractivity contribution in [2.24, 2.45) is 4.99 Å². The number of ether oxygens (including phenoxy) is 1. The van der Waals surface area contributed by atoms with Crippen LogP contribution in [0.25, 0.3) is 0 Å². The molecule has 2 saturated heterocycles. The first-order valence-corrected chi connectivity index (χ1v) is 9.19. The van der Waals surface area contributed by atoms with E-state index in [1.807, 2.05) is 11.0 Å². The van der Waals surface area contributed by atoms with Crippen molar-refractivity contribution in [2.45, 2.75) is 32.4 Å². The molecule has 1 amide bonds. The van der Waals surface area contributed by atoms with Gasteiger partial charge in [-0.1, -0.05) is 12.1 Å². The summed E-state index contributed by atoms with van der Waals surface area (Å²) in [6, 6.07) is 5.11. The number of piperazine rings is 1. The molecule has 2 heterocycles. The Morgan fingerprint density at radius 1 is 1.30 bits per heavy atom. The predicted molar refractivity (Wildman–Crippen MR) is 114 cm³/mol. The minimum Gasteiger partial charge on any atom is -0.368 e. The fourth-order valence-corrected chi connectivity index (χ4v) is 3.44. The summed E-state index contributed by atoms with van der Waals surface area (Å²) in [5.74, 6) is 0.730. The molecule has 27 heavy (non-hydrogen) atoms. The lowest BCUT2D eigenvalue weighted by Crippen LogP contribution is -2.55. The number of nitrogens with zero attached hydrogens (tertiary/aromatic N) is 3. The van der Waals surface area contributed by atoms with E-state index in [2.05, 4.69) is 15.2 Å². The van der Waals surface area contributed by atoms with Gasteiger partial charge in [-0.05, 0) is 37.0 Å². The van der Waals surface area contributed by atoms with Gasteiger partial charge in [-0.25, -0.2) is 4.39 Å². The highest BCUT2D eigenvalue weighted by atomic mass is 127. The zero-order chi connectivity index (χ0) is 18.5. The molecule has 1 N–H and O–H groups in total. The first-order valence-electron chi connectivity index (χ1n) is 9.19. The summed E-state index contributed by atoms with van der Waals surface area (Å²) in [7, 11) is 1.75. The maximum atomic E-state index is 13.4. The summed E-state index contributed by atoms with van der Waals surface area (Å²) >= 11 is 0. The monoisotopic (exact) mass is 490 g/mol. The predicted octanol–water partition coefficient (Wildman–Crippen LogP) is 2.15. The van der Waals surface area contributed by atoms with Crippen LogP contribution < -0.4 is 5.32 Å². The van der Waals surface area contributed by atoms with Gasteiger partial charge in [0.15, 0.2) is 5.96 Å². The van der Waals surface area contributed by atoms with Crippen LogP contribution >= 0.6 is 24.0 Å². The third kappa shape index (κ3) is 5.54. The first kappa shape index (κ1) is 21.9. The number of guanidine groups is 1. The Kier molecular flexibility index (Phi) is 8.28. The minimum absolute atomic E-state index is 0. The van der Waals surface area contributed by atoms with Gasteiger partial charge in [0.1, 0.15) is 11.9 Å². The molecule has 1 aromatic rings. The molecule has 3 rings (SSSR count). The number of benzene rings is 1. The van der Waals surface area contributed by atoms with E-state index in [4.69, 9.17) is 4.74 Å². The van der Waals surface area contributed by atoms with Gasteiger partial charge in [0, 0.05) is 46.4 Å². The molecule has 0 saturated carbocycles. The number of hydrogen-bond donors (Lipinski definition) is 1. The molecule has 0 spiro atoms. The van der Waals surface area contributed by atoms with Crippen molar-refractivity contribution >= 4 is 35.8 Å². The highest BCUT2D eigenvalue weighted by Gasteiger charge is 2.30. The number of hydrogen-bond acceptors (Lipinski definition) is 3. The number of aryl methyl sites for hydroxylation is 1. The van der Waals surface area contributed by atoms with Crippen molar-refractivity contribution in [3.8, 4) is 0 Å². The van der Waals surface area contributed by atoms with Crippen LogP contribution in [0.2, 0.25) is 0 Å². The molecule has 0 bridgehead atoms. The van der Waals surface area contributed by atoms with E-state index in [0.717, 1.165) is 37.5 Å². The van der Waals surface area contributed by atoms with Crippen molar-refractivity contribution < 1.29 is 13.9 Å². The molecule has 1 aromatic carbocycles. The van der Waals surface area contributed by atoms with Crippen LogP contribution in [-0.2, 0) is 16.1 Å². The van der Waals surface area contributed by atoms with Crippen molar-refractivity contribution in [3.05, 3.63) is 35.1 Å². The lowest BCUT2D eigenvalue weighted by molar-refractivity contribution is -0.142. The molecule has 0 aliphatic carbocycles. The summed E-state index contributed by atoms with van der Waals surface area (Å²) in [5, 5.41) is 3.33. The lowest BCUT2D eigenvalue weighted by atomic mass is 10.1. The van der Waals surface area contributed by atoms with E-state index in [-0.39, 0.29) is 41.8 Å². The topological polar surface area (TPSA) is 57.2 Å². The van der Waals surface area contributed by atoms with Crippen molar-refractivity contribution in [1.82, 2.24) is 15.1 Å². The summed E-state index contributed by atoms with van der Waals surface area (Å²) in [6.45, 7) is 5.86. The average molecular weight is 490 g/mol. The number of carbonyl (C=O) groups excluding carboxylic acids is 1. The Morgan fingerprint density at radius 2 is 2.00 bits per heavy atom. The average Bonchev–Trinajstić information content (AvgIpc) is 3.20. The molecule has 6 nitrogen and oxygen atoms in total. The Labute approximate surface area is 177 Å². The second-order valence-corrected chi connectivity index (χ2v) is 6.80. The fourth-order valence-electron chi connectivity index (χ4n) is 3.44. The van der Waals surface area contributed by atoms with Gasteiger partial charge in [0.05, 0.1) is 0 Å². The molecule has 0 radical (unpaired) electrons. The quantitative estimate of drug-likeness (QED) is 0.401. The number of rotatable bonds is 3. The van der Waals surface area contributed by atoms with E-state index in [1.165, 1.54) is 6.07 Å². The minimum atomic E-state index is -0.249. The highest BCUT2D eigenvalue weighted by molar-refractivity contribution is 14.0. The normalized spacial score (nSPS) is 20.4. The molecule has 2 aliphatic heterocycles. The Bertz CT molecular complexity index is 672. The molecular formula is C19H28FIN4O2. The number of carbonyl (C=O) groups is 1. The largest absolute Gasteiger partial charge is 0.368 e. The van der Waals surface area contributed by atoms with Crippen LogP contribution in [0.1, 0.15) is 24.0 Å². The lowest BCUT2D eigenvalue weighted by Gasteiger charge is -2.37. The van der Waals surface area contributed by atoms with Crippen LogP contribution in [-0.4, -0.2) is 67.6 Å². The second-order valence-electron chi connectivity index (χ2n) is 6.80. The number of halogens is 2. The Morgan fingerprint density at radius 3 is 2.59 bits per heavy atom. The van der Waals surface area contributed by atoms with E-state index >= 15 is 0 Å². The van der Waals surface area contributed by atoms with Crippen LogP contribution in [0.4, 0.5) is 4.39 Å². The van der Waals surface area contributed by atoms with Gasteiger partial charge in [0.2, 0.25) is 0 Å². The van der Waals surface area contributed by atoms with E-state index in [0.29, 0.717) is 31.8 Å². The van der Waals surface area contributed by atoms with Gasteiger partial charge in [-0.2, -0.15) is 0 Å². The van der Waals surface area contributed by atoms with Gasteiger partial charge in [-0.3, -0.25) is 9.79 Å². The van der Waals surface area contributed by atoms with Crippen molar-refractivity contribution in [3.63, 3.8) is 0 Å². The molecule has 8 heteroatoms.